The molecule has 2 bridgehead atoms. The maximum atomic E-state index is 10.0. The normalized spacial score (nSPS) is 43.0. The molecule has 4 unspecified atom stereocenters. The fraction of sp³-hybridized carbons (Fsp3) is 1.00. The predicted molar refractivity (Wildman–Crippen MR) is 70.6 cm³/mol. The molecule has 3 saturated heterocycles. The van der Waals surface area contributed by atoms with Crippen molar-refractivity contribution < 1.29 is 9.84 Å². The SMILES string of the molecule is CN1C2CCC1CN(CC1COCCC1O)CC2. The van der Waals surface area contributed by atoms with Crippen LogP contribution < -0.4 is 0 Å². The second kappa shape index (κ2) is 5.45. The van der Waals surface area contributed by atoms with Gasteiger partial charge in [0.2, 0.25) is 0 Å². The van der Waals surface area contributed by atoms with Crippen molar-refractivity contribution in [2.75, 3.05) is 39.9 Å². The smallest absolute Gasteiger partial charge is 0.0624 e. The van der Waals surface area contributed by atoms with Gasteiger partial charge in [-0.15, -0.1) is 0 Å². The van der Waals surface area contributed by atoms with Crippen molar-refractivity contribution in [2.45, 2.75) is 43.9 Å². The quantitative estimate of drug-likeness (QED) is 0.781. The lowest BCUT2D eigenvalue weighted by molar-refractivity contribution is -0.0471. The third kappa shape index (κ3) is 2.57. The fourth-order valence-electron chi connectivity index (χ4n) is 3.84. The van der Waals surface area contributed by atoms with E-state index in [0.29, 0.717) is 5.92 Å². The molecule has 0 aromatic carbocycles. The molecule has 0 spiro atoms. The Bertz CT molecular complexity index is 287. The monoisotopic (exact) mass is 254 g/mol. The summed E-state index contributed by atoms with van der Waals surface area (Å²) in [5.41, 5.74) is 0. The Morgan fingerprint density at radius 3 is 2.83 bits per heavy atom. The molecule has 3 fully saturated rings. The highest BCUT2D eigenvalue weighted by molar-refractivity contribution is 4.91. The first kappa shape index (κ1) is 12.9. The van der Waals surface area contributed by atoms with Crippen LogP contribution in [0.2, 0.25) is 0 Å². The first-order chi connectivity index (χ1) is 8.74. The molecule has 1 N–H and O–H groups in total. The van der Waals surface area contributed by atoms with Crippen molar-refractivity contribution in [2.24, 2.45) is 5.92 Å². The van der Waals surface area contributed by atoms with E-state index < -0.39 is 0 Å². The van der Waals surface area contributed by atoms with Crippen LogP contribution in [0.3, 0.4) is 0 Å². The van der Waals surface area contributed by atoms with Crippen LogP contribution >= 0.6 is 0 Å². The number of fused-ring (bicyclic) bond motifs is 2. The molecule has 3 heterocycles. The zero-order chi connectivity index (χ0) is 12.5. The van der Waals surface area contributed by atoms with Crippen LogP contribution in [0.4, 0.5) is 0 Å². The van der Waals surface area contributed by atoms with Crippen LogP contribution in [0.1, 0.15) is 25.7 Å². The molecule has 3 aliphatic rings. The van der Waals surface area contributed by atoms with E-state index in [9.17, 15) is 5.11 Å². The molecule has 0 aliphatic carbocycles. The summed E-state index contributed by atoms with van der Waals surface area (Å²) in [6, 6.07) is 1.53. The third-order valence-corrected chi connectivity index (χ3v) is 5.16. The Balaban J connectivity index is 1.56. The molecule has 104 valence electrons. The topological polar surface area (TPSA) is 35.9 Å². The van der Waals surface area contributed by atoms with E-state index in [-0.39, 0.29) is 6.10 Å². The minimum atomic E-state index is -0.156. The van der Waals surface area contributed by atoms with Crippen LogP contribution in [-0.2, 0) is 4.74 Å². The highest BCUT2D eigenvalue weighted by Gasteiger charge is 2.36. The fourth-order valence-corrected chi connectivity index (χ4v) is 3.84. The first-order valence-corrected chi connectivity index (χ1v) is 7.44. The van der Waals surface area contributed by atoms with E-state index in [1.807, 2.05) is 0 Å². The Hall–Kier alpha value is -0.160. The summed E-state index contributed by atoms with van der Waals surface area (Å²) in [7, 11) is 2.28. The van der Waals surface area contributed by atoms with Gasteiger partial charge in [-0.3, -0.25) is 4.90 Å². The average molecular weight is 254 g/mol. The van der Waals surface area contributed by atoms with E-state index in [1.165, 1.54) is 32.4 Å². The lowest BCUT2D eigenvalue weighted by Crippen LogP contribution is -2.44. The standard InChI is InChI=1S/C14H26N2O2/c1-15-12-2-3-13(15)9-16(6-4-12)8-11-10-18-7-5-14(11)17/h11-14,17H,2-10H2,1H3. The number of ether oxygens (including phenoxy) is 1. The van der Waals surface area contributed by atoms with Gasteiger partial charge in [0.15, 0.2) is 0 Å². The summed E-state index contributed by atoms with van der Waals surface area (Å²) < 4.78 is 5.51. The van der Waals surface area contributed by atoms with Gasteiger partial charge >= 0.3 is 0 Å². The molecule has 4 atom stereocenters. The molecule has 0 aromatic heterocycles. The number of likely N-dealkylation sites (tertiary alicyclic amines) is 1. The van der Waals surface area contributed by atoms with Crippen molar-refractivity contribution in [1.82, 2.24) is 9.80 Å². The highest BCUT2D eigenvalue weighted by atomic mass is 16.5. The predicted octanol–water partition coefficient (Wildman–Crippen LogP) is 0.552. The van der Waals surface area contributed by atoms with Gasteiger partial charge in [0, 0.05) is 37.7 Å². The van der Waals surface area contributed by atoms with Crippen LogP contribution in [0.25, 0.3) is 0 Å². The molecular formula is C14H26N2O2. The first-order valence-electron chi connectivity index (χ1n) is 7.44. The summed E-state index contributed by atoms with van der Waals surface area (Å²) in [5.74, 6) is 0.320. The number of aliphatic hydroxyl groups excluding tert-OH is 1. The van der Waals surface area contributed by atoms with Gasteiger partial charge in [0.25, 0.3) is 0 Å². The van der Waals surface area contributed by atoms with Gasteiger partial charge in [0.1, 0.15) is 0 Å². The van der Waals surface area contributed by atoms with Gasteiger partial charge < -0.3 is 14.7 Å². The minimum absolute atomic E-state index is 0.156. The Morgan fingerprint density at radius 1 is 1.17 bits per heavy atom. The van der Waals surface area contributed by atoms with E-state index in [4.69, 9.17) is 4.74 Å². The van der Waals surface area contributed by atoms with Crippen molar-refractivity contribution >= 4 is 0 Å². The Kier molecular flexibility index (Phi) is 3.89. The number of rotatable bonds is 2. The van der Waals surface area contributed by atoms with Crippen LogP contribution in [0, 0.1) is 5.92 Å². The number of hydrogen-bond donors (Lipinski definition) is 1. The van der Waals surface area contributed by atoms with Crippen molar-refractivity contribution in [3.8, 4) is 0 Å². The third-order valence-electron chi connectivity index (χ3n) is 5.16. The van der Waals surface area contributed by atoms with Crippen LogP contribution in [0.5, 0.6) is 0 Å². The molecular weight excluding hydrogens is 228 g/mol. The average Bonchev–Trinajstić information content (AvgIpc) is 2.60. The molecule has 0 aromatic rings. The molecule has 3 rings (SSSR count). The number of nitrogens with zero attached hydrogens (tertiary/aromatic N) is 2. The van der Waals surface area contributed by atoms with Gasteiger partial charge in [0.05, 0.1) is 12.7 Å². The number of aliphatic hydroxyl groups is 1. The van der Waals surface area contributed by atoms with Crippen molar-refractivity contribution in [3.63, 3.8) is 0 Å². The molecule has 4 nitrogen and oxygen atoms in total. The molecule has 3 aliphatic heterocycles. The molecule has 18 heavy (non-hydrogen) atoms. The summed E-state index contributed by atoms with van der Waals surface area (Å²) in [6.07, 6.45) is 4.67. The second-order valence-electron chi connectivity index (χ2n) is 6.29. The van der Waals surface area contributed by atoms with Crippen LogP contribution in [-0.4, -0.2) is 73.0 Å². The van der Waals surface area contributed by atoms with Gasteiger partial charge in [-0.25, -0.2) is 0 Å². The van der Waals surface area contributed by atoms with Crippen molar-refractivity contribution in [1.29, 1.82) is 0 Å². The largest absolute Gasteiger partial charge is 0.393 e. The van der Waals surface area contributed by atoms with E-state index in [0.717, 1.165) is 38.3 Å². The Morgan fingerprint density at radius 2 is 2.00 bits per heavy atom. The number of likely N-dealkylation sites (N-methyl/N-ethyl adjacent to an activating group) is 1. The molecule has 0 amide bonds. The maximum absolute atomic E-state index is 10.0. The van der Waals surface area contributed by atoms with Gasteiger partial charge in [-0.2, -0.15) is 0 Å². The minimum Gasteiger partial charge on any atom is -0.393 e. The zero-order valence-corrected chi connectivity index (χ0v) is 11.4. The maximum Gasteiger partial charge on any atom is 0.0624 e. The second-order valence-corrected chi connectivity index (χ2v) is 6.29. The molecule has 0 radical (unpaired) electrons. The van der Waals surface area contributed by atoms with Gasteiger partial charge in [-0.1, -0.05) is 0 Å². The summed E-state index contributed by atoms with van der Waals surface area (Å²) >= 11 is 0. The molecule has 0 saturated carbocycles. The Labute approximate surface area is 110 Å². The van der Waals surface area contributed by atoms with Crippen molar-refractivity contribution in [3.05, 3.63) is 0 Å². The summed E-state index contributed by atoms with van der Waals surface area (Å²) in [4.78, 5) is 5.14. The zero-order valence-electron chi connectivity index (χ0n) is 11.4. The van der Waals surface area contributed by atoms with Gasteiger partial charge in [-0.05, 0) is 39.3 Å². The van der Waals surface area contributed by atoms with E-state index in [1.54, 1.807) is 0 Å². The lowest BCUT2D eigenvalue weighted by Gasteiger charge is -2.33. The van der Waals surface area contributed by atoms with E-state index in [2.05, 4.69) is 16.8 Å². The lowest BCUT2D eigenvalue weighted by atomic mass is 9.97. The van der Waals surface area contributed by atoms with Crippen LogP contribution in [0.15, 0.2) is 0 Å². The summed E-state index contributed by atoms with van der Waals surface area (Å²) in [6.45, 7) is 4.84. The highest BCUT2D eigenvalue weighted by Crippen LogP contribution is 2.29. The van der Waals surface area contributed by atoms with E-state index >= 15 is 0 Å². The molecule has 4 heteroatoms. The summed E-state index contributed by atoms with van der Waals surface area (Å²) in [5, 5.41) is 10.0. The number of hydrogen-bond acceptors (Lipinski definition) is 4.